The Morgan fingerprint density at radius 3 is 2.61 bits per heavy atom. The summed E-state index contributed by atoms with van der Waals surface area (Å²) in [5.74, 6) is -2.98. The molecular weight excluding hydrogens is 480 g/mol. The summed E-state index contributed by atoms with van der Waals surface area (Å²) in [4.78, 5) is 20.4. The topological polar surface area (TPSA) is 100 Å². The van der Waals surface area contributed by atoms with Gasteiger partial charge in [0.1, 0.15) is 5.75 Å². The average Bonchev–Trinajstić information content (AvgIpc) is 2.71. The summed E-state index contributed by atoms with van der Waals surface area (Å²) >= 11 is 5.84. The Morgan fingerprint density at radius 1 is 1.21 bits per heavy atom. The molecule has 1 aliphatic rings. The van der Waals surface area contributed by atoms with Crippen molar-refractivity contribution in [3.63, 3.8) is 0 Å². The van der Waals surface area contributed by atoms with Crippen LogP contribution in [0.15, 0.2) is 30.5 Å². The first-order chi connectivity index (χ1) is 15.4. The number of amides is 1. The molecule has 0 spiro atoms. The Bertz CT molecular complexity index is 1130. The Kier molecular flexibility index (Phi) is 7.88. The van der Waals surface area contributed by atoms with Crippen LogP contribution in [0.25, 0.3) is 0 Å². The molecule has 2 aromatic rings. The van der Waals surface area contributed by atoms with Crippen LogP contribution in [0.1, 0.15) is 25.0 Å². The molecule has 0 unspecified atom stereocenters. The maximum atomic E-state index is 13.5. The molecule has 1 amide bonds. The van der Waals surface area contributed by atoms with E-state index in [9.17, 15) is 22.0 Å². The maximum Gasteiger partial charge on any atom is 0.269 e. The van der Waals surface area contributed by atoms with Crippen molar-refractivity contribution < 1.29 is 31.3 Å². The highest BCUT2D eigenvalue weighted by molar-refractivity contribution is 7.85. The number of carbonyl (C=O) groups excluding carboxylic acids is 1. The molecule has 1 saturated heterocycles. The number of hydrogen-bond acceptors (Lipinski definition) is 6. The van der Waals surface area contributed by atoms with Gasteiger partial charge >= 0.3 is 0 Å². The molecule has 0 radical (unpaired) electrons. The van der Waals surface area contributed by atoms with Crippen LogP contribution in [0.3, 0.4) is 0 Å². The van der Waals surface area contributed by atoms with Gasteiger partial charge in [-0.1, -0.05) is 17.7 Å². The highest BCUT2D eigenvalue weighted by Crippen LogP contribution is 2.23. The molecule has 1 aromatic heterocycles. The first-order valence-corrected chi connectivity index (χ1v) is 12.1. The van der Waals surface area contributed by atoms with Crippen molar-refractivity contribution in [1.82, 2.24) is 14.8 Å². The van der Waals surface area contributed by atoms with Crippen LogP contribution >= 0.6 is 11.6 Å². The Morgan fingerprint density at radius 2 is 1.94 bits per heavy atom. The summed E-state index contributed by atoms with van der Waals surface area (Å²) in [7, 11) is -4.35. The van der Waals surface area contributed by atoms with Gasteiger partial charge in [-0.3, -0.25) is 14.2 Å². The van der Waals surface area contributed by atoms with E-state index in [2.05, 4.69) is 9.88 Å². The number of carbonyl (C=O) groups is 1. The third kappa shape index (κ3) is 6.83. The molecule has 0 saturated carbocycles. The van der Waals surface area contributed by atoms with E-state index >= 15 is 0 Å². The monoisotopic (exact) mass is 503 g/mol. The van der Waals surface area contributed by atoms with Crippen LogP contribution < -0.4 is 4.74 Å². The van der Waals surface area contributed by atoms with Gasteiger partial charge in [0.2, 0.25) is 5.88 Å². The van der Waals surface area contributed by atoms with Gasteiger partial charge in [-0.05, 0) is 37.6 Å². The molecule has 1 aromatic carbocycles. The van der Waals surface area contributed by atoms with Crippen LogP contribution in [-0.2, 0) is 27.2 Å². The lowest BCUT2D eigenvalue weighted by molar-refractivity contribution is -0.139. The summed E-state index contributed by atoms with van der Waals surface area (Å²) in [5.41, 5.74) is 0.673. The number of hydrogen-bond donors (Lipinski definition) is 1. The average molecular weight is 504 g/mol. The number of pyridine rings is 1. The van der Waals surface area contributed by atoms with Gasteiger partial charge in [0.05, 0.1) is 5.02 Å². The van der Waals surface area contributed by atoms with Crippen LogP contribution in [0.2, 0.25) is 5.02 Å². The van der Waals surface area contributed by atoms with E-state index in [4.69, 9.17) is 20.9 Å². The van der Waals surface area contributed by atoms with E-state index in [1.165, 1.54) is 24.4 Å². The minimum absolute atomic E-state index is 0.0376. The molecule has 3 rings (SSSR count). The number of nitrogens with zero attached hydrogens (tertiary/aromatic N) is 3. The number of aromatic nitrogens is 1. The van der Waals surface area contributed by atoms with Crippen molar-refractivity contribution in [3.05, 3.63) is 58.2 Å². The van der Waals surface area contributed by atoms with E-state index in [0.717, 1.165) is 6.07 Å². The van der Waals surface area contributed by atoms with Crippen molar-refractivity contribution in [2.24, 2.45) is 0 Å². The molecular formula is C21H24ClF2N3O5S. The Hall–Kier alpha value is -2.34. The lowest BCUT2D eigenvalue weighted by Crippen LogP contribution is -2.58. The van der Waals surface area contributed by atoms with Crippen molar-refractivity contribution in [3.8, 4) is 5.88 Å². The smallest absolute Gasteiger partial charge is 0.269 e. The normalized spacial score (nSPS) is 19.5. The fraction of sp³-hybridized carbons (Fsp3) is 0.429. The number of benzene rings is 1. The third-order valence-electron chi connectivity index (χ3n) is 5.37. The van der Waals surface area contributed by atoms with Crippen LogP contribution in [-0.4, -0.2) is 65.4 Å². The fourth-order valence-electron chi connectivity index (χ4n) is 3.75. The van der Waals surface area contributed by atoms with Crippen LogP contribution in [0.4, 0.5) is 8.78 Å². The second-order valence-electron chi connectivity index (χ2n) is 8.05. The molecule has 180 valence electrons. The van der Waals surface area contributed by atoms with Gasteiger partial charge in [0.25, 0.3) is 16.0 Å². The molecule has 8 nitrogen and oxygen atoms in total. The van der Waals surface area contributed by atoms with E-state index < -0.39 is 27.5 Å². The zero-order chi connectivity index (χ0) is 24.3. The van der Waals surface area contributed by atoms with Crippen LogP contribution in [0.5, 0.6) is 5.88 Å². The maximum absolute atomic E-state index is 13.5. The number of ether oxygens (including phenoxy) is 1. The highest BCUT2D eigenvalue weighted by Gasteiger charge is 2.32. The van der Waals surface area contributed by atoms with Gasteiger partial charge in [-0.2, -0.15) is 8.42 Å². The number of halogens is 3. The van der Waals surface area contributed by atoms with Crippen LogP contribution in [0, 0.1) is 11.6 Å². The number of rotatable bonds is 7. The molecule has 0 bridgehead atoms. The summed E-state index contributed by atoms with van der Waals surface area (Å²) in [6, 6.07) is 4.85. The largest absolute Gasteiger partial charge is 0.467 e. The standard InChI is InChI=1S/C21H24ClF2N3O5S/c1-13-9-27(14(2)8-26(13)10-15-3-4-18(23)19(24)5-15)20(28)11-32-21-16(12-33(29,30)31)6-17(22)7-25-21/h3-7,13-14H,8-12H2,1-2H3,(H,29,30,31)/t13-,14+/m0/s1. The molecule has 2 heterocycles. The molecule has 2 atom stereocenters. The lowest BCUT2D eigenvalue weighted by Gasteiger charge is -2.44. The zero-order valence-corrected chi connectivity index (χ0v) is 19.6. The molecule has 0 aliphatic carbocycles. The van der Waals surface area contributed by atoms with E-state index in [1.54, 1.807) is 4.90 Å². The zero-order valence-electron chi connectivity index (χ0n) is 18.0. The van der Waals surface area contributed by atoms with E-state index in [-0.39, 0.29) is 41.1 Å². The fourth-order valence-corrected chi connectivity index (χ4v) is 4.53. The molecule has 1 N–H and O–H groups in total. The SMILES string of the molecule is C[C@@H]1CN(Cc2ccc(F)c(F)c2)[C@@H](C)CN1C(=O)COc1ncc(Cl)cc1CS(=O)(=O)O. The van der Waals surface area contributed by atoms with Crippen molar-refractivity contribution >= 4 is 27.6 Å². The molecule has 1 aliphatic heterocycles. The summed E-state index contributed by atoms with van der Waals surface area (Å²) in [6.45, 7) is 4.73. The van der Waals surface area contributed by atoms with Crippen molar-refractivity contribution in [2.45, 2.75) is 38.2 Å². The summed E-state index contributed by atoms with van der Waals surface area (Å²) < 4.78 is 63.7. The first kappa shape index (κ1) is 25.3. The molecule has 12 heteroatoms. The quantitative estimate of drug-likeness (QED) is 0.580. The highest BCUT2D eigenvalue weighted by atomic mass is 35.5. The van der Waals surface area contributed by atoms with Gasteiger partial charge in [-0.25, -0.2) is 13.8 Å². The Labute approximate surface area is 195 Å². The van der Waals surface area contributed by atoms with E-state index in [1.807, 2.05) is 13.8 Å². The Balaban J connectivity index is 1.62. The minimum Gasteiger partial charge on any atom is -0.467 e. The van der Waals surface area contributed by atoms with Crippen molar-refractivity contribution in [1.29, 1.82) is 0 Å². The lowest BCUT2D eigenvalue weighted by atomic mass is 10.1. The van der Waals surface area contributed by atoms with Gasteiger partial charge in [0, 0.05) is 43.5 Å². The minimum atomic E-state index is -4.35. The van der Waals surface area contributed by atoms with Gasteiger partial charge in [0.15, 0.2) is 18.2 Å². The summed E-state index contributed by atoms with van der Waals surface area (Å²) in [6.07, 6.45) is 1.25. The second-order valence-corrected chi connectivity index (χ2v) is 9.94. The van der Waals surface area contributed by atoms with Crippen molar-refractivity contribution in [2.75, 3.05) is 19.7 Å². The predicted molar refractivity (Wildman–Crippen MR) is 117 cm³/mol. The first-order valence-electron chi connectivity index (χ1n) is 10.1. The van der Waals surface area contributed by atoms with Gasteiger partial charge in [-0.15, -0.1) is 0 Å². The number of piperazine rings is 1. The molecule has 33 heavy (non-hydrogen) atoms. The second kappa shape index (κ2) is 10.3. The van der Waals surface area contributed by atoms with E-state index in [0.29, 0.717) is 25.2 Å². The predicted octanol–water partition coefficient (Wildman–Crippen LogP) is 2.90. The van der Waals surface area contributed by atoms with Gasteiger partial charge < -0.3 is 9.64 Å². The third-order valence-corrected chi connectivity index (χ3v) is 6.25. The summed E-state index contributed by atoms with van der Waals surface area (Å²) in [5, 5.41) is 0.159. The molecule has 1 fully saturated rings.